The van der Waals surface area contributed by atoms with E-state index in [1.807, 2.05) is 6.08 Å². The Balaban J connectivity index is -0.000000410. The third-order valence-corrected chi connectivity index (χ3v) is 3.31. The lowest BCUT2D eigenvalue weighted by Crippen LogP contribution is -2.20. The van der Waals surface area contributed by atoms with Gasteiger partial charge in [-0.2, -0.15) is 0 Å². The van der Waals surface area contributed by atoms with Crippen molar-refractivity contribution < 1.29 is 0 Å². The highest BCUT2D eigenvalue weighted by Crippen LogP contribution is 2.01. The maximum Gasteiger partial charge on any atom is 0.0177 e. The molecule has 0 aliphatic carbocycles. The summed E-state index contributed by atoms with van der Waals surface area (Å²) in [6.07, 6.45) is 16.2. The summed E-state index contributed by atoms with van der Waals surface area (Å²) in [6.45, 7) is 15.2. The van der Waals surface area contributed by atoms with E-state index < -0.39 is 0 Å². The molecule has 0 fully saturated rings. The molecular weight excluding hydrogens is 294 g/mol. The second kappa shape index (κ2) is 27.0. The topological polar surface area (TPSA) is 64.1 Å². The average Bonchev–Trinajstić information content (AvgIpc) is 2.61. The lowest BCUT2D eigenvalue weighted by atomic mass is 10.1. The van der Waals surface area contributed by atoms with E-state index in [1.54, 1.807) is 6.08 Å². The molecule has 0 spiro atoms. The van der Waals surface area contributed by atoms with Gasteiger partial charge in [0, 0.05) is 13.1 Å². The number of unbranched alkanes of at least 4 members (excludes halogenated alkanes) is 4. The first-order valence-corrected chi connectivity index (χ1v) is 9.64. The lowest BCUT2D eigenvalue weighted by Gasteiger charge is -2.07. The van der Waals surface area contributed by atoms with Crippen LogP contribution in [-0.2, 0) is 0 Å². The second-order valence-electron chi connectivity index (χ2n) is 5.78. The minimum atomic E-state index is 0.538. The normalized spacial score (nSPS) is 12.0. The third kappa shape index (κ3) is 26.0. The molecule has 0 aromatic rings. The van der Waals surface area contributed by atoms with Crippen LogP contribution < -0.4 is 16.8 Å². The fraction of sp³-hybridized carbons (Fsp3) is 0.714. The van der Waals surface area contributed by atoms with E-state index in [-0.39, 0.29) is 0 Å². The van der Waals surface area contributed by atoms with Gasteiger partial charge in [0.15, 0.2) is 0 Å². The SMILES string of the molecule is C=C/C=C(\C=C/C(C)CNCCC)CN.CCCCCCC.CN. The molecule has 0 amide bonds. The highest BCUT2D eigenvalue weighted by Gasteiger charge is 1.95. The fourth-order valence-corrected chi connectivity index (χ4v) is 1.88. The second-order valence-corrected chi connectivity index (χ2v) is 5.78. The molecule has 0 aromatic heterocycles. The van der Waals surface area contributed by atoms with Crippen LogP contribution in [0.1, 0.15) is 66.2 Å². The Hall–Kier alpha value is -0.900. The molecular formula is C21H45N3. The molecule has 0 bridgehead atoms. The third-order valence-electron chi connectivity index (χ3n) is 3.31. The van der Waals surface area contributed by atoms with Crippen molar-refractivity contribution in [3.05, 3.63) is 36.5 Å². The van der Waals surface area contributed by atoms with Crippen LogP contribution in [0.25, 0.3) is 0 Å². The molecule has 1 atom stereocenters. The highest BCUT2D eigenvalue weighted by molar-refractivity contribution is 5.24. The molecule has 144 valence electrons. The van der Waals surface area contributed by atoms with Crippen LogP contribution in [0.3, 0.4) is 0 Å². The van der Waals surface area contributed by atoms with Crippen molar-refractivity contribution in [3.8, 4) is 0 Å². The Morgan fingerprint density at radius 1 is 1.04 bits per heavy atom. The number of nitrogens with one attached hydrogen (secondary N) is 1. The van der Waals surface area contributed by atoms with E-state index in [4.69, 9.17) is 5.73 Å². The van der Waals surface area contributed by atoms with Crippen LogP contribution in [0.15, 0.2) is 36.5 Å². The number of hydrogen-bond acceptors (Lipinski definition) is 3. The van der Waals surface area contributed by atoms with Crippen LogP contribution >= 0.6 is 0 Å². The molecule has 0 heterocycles. The Labute approximate surface area is 152 Å². The fourth-order valence-electron chi connectivity index (χ4n) is 1.88. The lowest BCUT2D eigenvalue weighted by molar-refractivity contribution is 0.589. The summed E-state index contributed by atoms with van der Waals surface area (Å²) in [5.41, 5.74) is 11.2. The predicted molar refractivity (Wildman–Crippen MR) is 113 cm³/mol. The Kier molecular flexibility index (Phi) is 31.4. The van der Waals surface area contributed by atoms with Gasteiger partial charge < -0.3 is 16.8 Å². The summed E-state index contributed by atoms with van der Waals surface area (Å²) in [6, 6.07) is 0. The van der Waals surface area contributed by atoms with E-state index in [9.17, 15) is 0 Å². The monoisotopic (exact) mass is 339 g/mol. The van der Waals surface area contributed by atoms with Gasteiger partial charge in [0.1, 0.15) is 0 Å². The molecule has 0 radical (unpaired) electrons. The maximum absolute atomic E-state index is 5.58. The van der Waals surface area contributed by atoms with Crippen molar-refractivity contribution in [2.24, 2.45) is 17.4 Å². The average molecular weight is 340 g/mol. The Morgan fingerprint density at radius 3 is 2.04 bits per heavy atom. The smallest absolute Gasteiger partial charge is 0.0177 e. The summed E-state index contributed by atoms with van der Waals surface area (Å²) in [7, 11) is 1.50. The largest absolute Gasteiger partial charge is 0.333 e. The molecule has 0 rings (SSSR count). The van der Waals surface area contributed by atoms with Crippen molar-refractivity contribution in [1.82, 2.24) is 5.32 Å². The first-order valence-electron chi connectivity index (χ1n) is 9.64. The van der Waals surface area contributed by atoms with Crippen LogP contribution in [0.5, 0.6) is 0 Å². The number of nitrogens with two attached hydrogens (primary N) is 2. The van der Waals surface area contributed by atoms with Crippen LogP contribution in [0, 0.1) is 5.92 Å². The van der Waals surface area contributed by atoms with Crippen LogP contribution in [-0.4, -0.2) is 26.7 Å². The number of allylic oxidation sites excluding steroid dienone is 2. The zero-order valence-electron chi connectivity index (χ0n) is 17.1. The minimum absolute atomic E-state index is 0.538. The molecule has 0 saturated heterocycles. The summed E-state index contributed by atoms with van der Waals surface area (Å²) in [5, 5.41) is 3.39. The summed E-state index contributed by atoms with van der Waals surface area (Å²) in [5.74, 6) is 0.538. The van der Waals surface area contributed by atoms with Crippen molar-refractivity contribution in [2.75, 3.05) is 26.7 Å². The van der Waals surface area contributed by atoms with Gasteiger partial charge in [0.2, 0.25) is 0 Å². The van der Waals surface area contributed by atoms with Gasteiger partial charge in [-0.05, 0) is 31.5 Å². The number of hydrogen-bond donors (Lipinski definition) is 3. The van der Waals surface area contributed by atoms with Gasteiger partial charge in [0.25, 0.3) is 0 Å². The number of rotatable bonds is 12. The van der Waals surface area contributed by atoms with Crippen molar-refractivity contribution in [2.45, 2.75) is 66.2 Å². The van der Waals surface area contributed by atoms with Crippen LogP contribution in [0.4, 0.5) is 0 Å². The molecule has 3 heteroatoms. The Morgan fingerprint density at radius 2 is 1.62 bits per heavy atom. The molecule has 3 nitrogen and oxygen atoms in total. The quantitative estimate of drug-likeness (QED) is 0.353. The van der Waals surface area contributed by atoms with E-state index >= 15 is 0 Å². The Bertz CT molecular complexity index is 279. The standard InChI is InChI=1S/C13H24N2.C7H16.CH5N/c1-4-6-13(10-14)8-7-12(3)11-15-9-5-2;1-3-5-7-6-4-2;1-2/h4,6-8,12,15H,1,5,9-11,14H2,2-3H3;3-7H2,1-2H3;2H2,1H3/b8-7-,13-6+;;. The zero-order valence-corrected chi connectivity index (χ0v) is 17.1. The predicted octanol–water partition coefficient (Wildman–Crippen LogP) is 4.80. The molecule has 1 unspecified atom stereocenters. The van der Waals surface area contributed by atoms with E-state index in [0.29, 0.717) is 12.5 Å². The molecule has 0 aliphatic heterocycles. The van der Waals surface area contributed by atoms with E-state index in [0.717, 1.165) is 18.7 Å². The molecule has 5 N–H and O–H groups in total. The highest BCUT2D eigenvalue weighted by atomic mass is 14.8. The summed E-state index contributed by atoms with van der Waals surface area (Å²) >= 11 is 0. The van der Waals surface area contributed by atoms with Gasteiger partial charge in [-0.15, -0.1) is 0 Å². The van der Waals surface area contributed by atoms with Gasteiger partial charge in [-0.1, -0.05) is 90.7 Å². The molecule has 24 heavy (non-hydrogen) atoms. The van der Waals surface area contributed by atoms with Gasteiger partial charge in [0.05, 0.1) is 0 Å². The first kappa shape index (κ1) is 27.9. The van der Waals surface area contributed by atoms with Gasteiger partial charge >= 0.3 is 0 Å². The zero-order chi connectivity index (χ0) is 19.1. The van der Waals surface area contributed by atoms with Gasteiger partial charge in [-0.3, -0.25) is 0 Å². The van der Waals surface area contributed by atoms with Crippen molar-refractivity contribution in [3.63, 3.8) is 0 Å². The summed E-state index contributed by atoms with van der Waals surface area (Å²) in [4.78, 5) is 0. The van der Waals surface area contributed by atoms with Crippen LogP contribution in [0.2, 0.25) is 0 Å². The minimum Gasteiger partial charge on any atom is -0.333 e. The molecule has 0 saturated carbocycles. The van der Waals surface area contributed by atoms with E-state index in [1.165, 1.54) is 45.6 Å². The van der Waals surface area contributed by atoms with E-state index in [2.05, 4.69) is 57.5 Å². The first-order chi connectivity index (χ1) is 11.7. The van der Waals surface area contributed by atoms with Crippen molar-refractivity contribution >= 4 is 0 Å². The molecule has 0 aliphatic rings. The van der Waals surface area contributed by atoms with Crippen molar-refractivity contribution in [1.29, 1.82) is 0 Å². The van der Waals surface area contributed by atoms with Gasteiger partial charge in [-0.25, -0.2) is 0 Å². The summed E-state index contributed by atoms with van der Waals surface area (Å²) < 4.78 is 0. The maximum atomic E-state index is 5.58. The molecule has 0 aromatic carbocycles.